The number of likely N-dealkylation sites (tertiary alicyclic amines) is 1. The summed E-state index contributed by atoms with van der Waals surface area (Å²) in [4.78, 5) is 17.0. The van der Waals surface area contributed by atoms with Crippen molar-refractivity contribution in [3.05, 3.63) is 29.8 Å². The fourth-order valence-corrected chi connectivity index (χ4v) is 4.19. The second-order valence-electron chi connectivity index (χ2n) is 7.51. The van der Waals surface area contributed by atoms with E-state index in [1.807, 2.05) is 29.2 Å². The largest absolute Gasteiger partial charge is 0.496 e. The van der Waals surface area contributed by atoms with Crippen LogP contribution in [0.4, 0.5) is 4.79 Å². The fourth-order valence-electron chi connectivity index (χ4n) is 4.19. The summed E-state index contributed by atoms with van der Waals surface area (Å²) in [5.41, 5.74) is 1.12. The number of rotatable bonds is 6. The first-order chi connectivity index (χ1) is 13.2. The normalized spacial score (nSPS) is 20.3. The second-order valence-corrected chi connectivity index (χ2v) is 7.51. The maximum atomic E-state index is 12.5. The third-order valence-electron chi connectivity index (χ3n) is 5.99. The first-order valence-corrected chi connectivity index (χ1v) is 10.2. The molecule has 6 heteroatoms. The van der Waals surface area contributed by atoms with E-state index in [2.05, 4.69) is 17.1 Å². The van der Waals surface area contributed by atoms with Crippen LogP contribution in [0.5, 0.6) is 5.75 Å². The Balaban J connectivity index is 1.39. The first-order valence-electron chi connectivity index (χ1n) is 10.2. The molecule has 27 heavy (non-hydrogen) atoms. The van der Waals surface area contributed by atoms with Crippen LogP contribution in [-0.4, -0.2) is 74.9 Å². The smallest absolute Gasteiger partial charge is 0.317 e. The highest BCUT2D eigenvalue weighted by molar-refractivity contribution is 5.74. The molecule has 2 saturated heterocycles. The average molecular weight is 376 g/mol. The maximum Gasteiger partial charge on any atom is 0.317 e. The number of nitrogens with one attached hydrogen (secondary N) is 1. The highest BCUT2D eigenvalue weighted by Crippen LogP contribution is 2.24. The number of carbonyl (C=O) groups excluding carboxylic acids is 1. The molecule has 0 aliphatic carbocycles. The van der Waals surface area contributed by atoms with Crippen LogP contribution in [0.25, 0.3) is 0 Å². The van der Waals surface area contributed by atoms with E-state index in [9.17, 15) is 4.79 Å². The summed E-state index contributed by atoms with van der Waals surface area (Å²) in [5.74, 6) is 1.55. The molecular formula is C21H33N3O3. The summed E-state index contributed by atoms with van der Waals surface area (Å²) in [6.07, 6.45) is 2.94. The predicted molar refractivity (Wildman–Crippen MR) is 106 cm³/mol. The Kier molecular flexibility index (Phi) is 7.35. The lowest BCUT2D eigenvalue weighted by molar-refractivity contribution is 0.000258. The van der Waals surface area contributed by atoms with E-state index in [0.717, 1.165) is 70.0 Å². The van der Waals surface area contributed by atoms with Crippen molar-refractivity contribution in [1.82, 2.24) is 15.1 Å². The van der Waals surface area contributed by atoms with Gasteiger partial charge in [0.1, 0.15) is 5.75 Å². The molecule has 1 aromatic carbocycles. The zero-order chi connectivity index (χ0) is 19.1. The fraction of sp³-hybridized carbons (Fsp3) is 0.667. The van der Waals surface area contributed by atoms with Gasteiger partial charge in [0.05, 0.1) is 20.3 Å². The SMILES string of the molecule is COc1ccccc1CCNC(=O)N1CCC([C@H](C)N2CCOCC2)CC1. The quantitative estimate of drug-likeness (QED) is 0.829. The summed E-state index contributed by atoms with van der Waals surface area (Å²) in [6.45, 7) is 8.41. The van der Waals surface area contributed by atoms with Crippen molar-refractivity contribution in [1.29, 1.82) is 0 Å². The summed E-state index contributed by atoms with van der Waals surface area (Å²) in [7, 11) is 1.68. The molecule has 1 atom stereocenters. The van der Waals surface area contributed by atoms with Gasteiger partial charge in [-0.3, -0.25) is 4.90 Å². The number of urea groups is 1. The van der Waals surface area contributed by atoms with E-state index in [-0.39, 0.29) is 6.03 Å². The number of benzene rings is 1. The number of hydrogen-bond acceptors (Lipinski definition) is 4. The average Bonchev–Trinajstić information content (AvgIpc) is 2.74. The number of para-hydroxylation sites is 1. The zero-order valence-corrected chi connectivity index (χ0v) is 16.7. The molecule has 0 aromatic heterocycles. The lowest BCUT2D eigenvalue weighted by atomic mass is 9.89. The van der Waals surface area contributed by atoms with E-state index >= 15 is 0 Å². The van der Waals surface area contributed by atoms with Crippen molar-refractivity contribution >= 4 is 6.03 Å². The van der Waals surface area contributed by atoms with Crippen LogP contribution in [0.2, 0.25) is 0 Å². The molecule has 6 nitrogen and oxygen atoms in total. The van der Waals surface area contributed by atoms with Gasteiger partial charge in [-0.25, -0.2) is 4.79 Å². The van der Waals surface area contributed by atoms with Gasteiger partial charge in [-0.15, -0.1) is 0 Å². The van der Waals surface area contributed by atoms with Crippen LogP contribution in [0.15, 0.2) is 24.3 Å². The molecular weight excluding hydrogens is 342 g/mol. The van der Waals surface area contributed by atoms with E-state index in [1.54, 1.807) is 7.11 Å². The van der Waals surface area contributed by atoms with Crippen LogP contribution >= 0.6 is 0 Å². The number of morpholine rings is 1. The van der Waals surface area contributed by atoms with E-state index in [4.69, 9.17) is 9.47 Å². The zero-order valence-electron chi connectivity index (χ0n) is 16.7. The van der Waals surface area contributed by atoms with E-state index < -0.39 is 0 Å². The molecule has 2 amide bonds. The third kappa shape index (κ3) is 5.36. The first kappa shape index (κ1) is 20.0. The Morgan fingerprint density at radius 3 is 2.63 bits per heavy atom. The van der Waals surface area contributed by atoms with Crippen LogP contribution in [0.1, 0.15) is 25.3 Å². The third-order valence-corrected chi connectivity index (χ3v) is 5.99. The Morgan fingerprint density at radius 1 is 1.22 bits per heavy atom. The van der Waals surface area contributed by atoms with Crippen molar-refractivity contribution in [3.63, 3.8) is 0 Å². The number of ether oxygens (including phenoxy) is 2. The Labute approximate surface area is 162 Å². The molecule has 0 saturated carbocycles. The molecule has 1 N–H and O–H groups in total. The van der Waals surface area contributed by atoms with Gasteiger partial charge in [-0.1, -0.05) is 18.2 Å². The minimum atomic E-state index is 0.0578. The number of nitrogens with zero attached hydrogens (tertiary/aromatic N) is 2. The van der Waals surface area contributed by atoms with Crippen molar-refractivity contribution in [2.75, 3.05) is 53.0 Å². The van der Waals surface area contributed by atoms with Crippen molar-refractivity contribution in [2.24, 2.45) is 5.92 Å². The maximum absolute atomic E-state index is 12.5. The molecule has 0 spiro atoms. The summed E-state index contributed by atoms with van der Waals surface area (Å²) in [5, 5.41) is 3.06. The Bertz CT molecular complexity index is 596. The second kappa shape index (κ2) is 9.95. The van der Waals surface area contributed by atoms with Crippen LogP contribution < -0.4 is 10.1 Å². The van der Waals surface area contributed by atoms with Crippen molar-refractivity contribution in [2.45, 2.75) is 32.2 Å². The monoisotopic (exact) mass is 375 g/mol. The van der Waals surface area contributed by atoms with Crippen LogP contribution in [0, 0.1) is 5.92 Å². The van der Waals surface area contributed by atoms with Gasteiger partial charge in [0.15, 0.2) is 0 Å². The predicted octanol–water partition coefficient (Wildman–Crippen LogP) is 2.38. The van der Waals surface area contributed by atoms with E-state index in [0.29, 0.717) is 18.5 Å². The number of amides is 2. The van der Waals surface area contributed by atoms with Gasteiger partial charge in [0, 0.05) is 38.8 Å². The van der Waals surface area contributed by atoms with Gasteiger partial charge < -0.3 is 19.7 Å². The molecule has 2 heterocycles. The lowest BCUT2D eigenvalue weighted by Gasteiger charge is -2.41. The number of carbonyl (C=O) groups is 1. The molecule has 0 radical (unpaired) electrons. The molecule has 2 aliphatic rings. The lowest BCUT2D eigenvalue weighted by Crippen LogP contribution is -2.50. The number of methoxy groups -OCH3 is 1. The molecule has 2 fully saturated rings. The number of hydrogen-bond donors (Lipinski definition) is 1. The van der Waals surface area contributed by atoms with E-state index in [1.165, 1.54) is 0 Å². The van der Waals surface area contributed by atoms with Crippen LogP contribution in [-0.2, 0) is 11.2 Å². The van der Waals surface area contributed by atoms with Gasteiger partial charge in [0.25, 0.3) is 0 Å². The standard InChI is InChI=1S/C21H33N3O3/c1-17(23-13-15-27-16-14-23)18-8-11-24(12-9-18)21(25)22-10-7-19-5-3-4-6-20(19)26-2/h3-6,17-18H,7-16H2,1-2H3,(H,22,25)/t17-/m0/s1. The molecule has 150 valence electrons. The number of piperidine rings is 1. The van der Waals surface area contributed by atoms with Gasteiger partial charge in [-0.05, 0) is 43.7 Å². The molecule has 0 unspecified atom stereocenters. The Hall–Kier alpha value is -1.79. The summed E-state index contributed by atoms with van der Waals surface area (Å²) >= 11 is 0. The van der Waals surface area contributed by atoms with Crippen molar-refractivity contribution < 1.29 is 14.3 Å². The summed E-state index contributed by atoms with van der Waals surface area (Å²) < 4.78 is 10.8. The summed E-state index contributed by atoms with van der Waals surface area (Å²) in [6, 6.07) is 8.59. The Morgan fingerprint density at radius 2 is 1.93 bits per heavy atom. The molecule has 1 aromatic rings. The van der Waals surface area contributed by atoms with Gasteiger partial charge in [0.2, 0.25) is 0 Å². The molecule has 2 aliphatic heterocycles. The van der Waals surface area contributed by atoms with Crippen LogP contribution in [0.3, 0.4) is 0 Å². The van der Waals surface area contributed by atoms with Gasteiger partial charge >= 0.3 is 6.03 Å². The minimum absolute atomic E-state index is 0.0578. The topological polar surface area (TPSA) is 54.0 Å². The highest BCUT2D eigenvalue weighted by Gasteiger charge is 2.29. The molecule has 0 bridgehead atoms. The molecule has 3 rings (SSSR count). The van der Waals surface area contributed by atoms with Gasteiger partial charge in [-0.2, -0.15) is 0 Å². The minimum Gasteiger partial charge on any atom is -0.496 e. The van der Waals surface area contributed by atoms with Crippen molar-refractivity contribution in [3.8, 4) is 5.75 Å². The highest BCUT2D eigenvalue weighted by atomic mass is 16.5.